The van der Waals surface area contributed by atoms with E-state index in [4.69, 9.17) is 4.74 Å². The predicted molar refractivity (Wildman–Crippen MR) is 187 cm³/mol. The van der Waals surface area contributed by atoms with E-state index in [9.17, 15) is 22.8 Å². The van der Waals surface area contributed by atoms with Gasteiger partial charge in [-0.2, -0.15) is 13.2 Å². The van der Waals surface area contributed by atoms with Crippen LogP contribution in [0.5, 0.6) is 0 Å². The highest BCUT2D eigenvalue weighted by atomic mass is 19.4. The number of fused-ring (bicyclic) bond motifs is 1. The van der Waals surface area contributed by atoms with Crippen molar-refractivity contribution >= 4 is 34.8 Å². The molecule has 0 unspecified atom stereocenters. The van der Waals surface area contributed by atoms with Crippen molar-refractivity contribution in [3.05, 3.63) is 108 Å². The number of pyridine rings is 2. The molecule has 2 aromatic carbocycles. The van der Waals surface area contributed by atoms with E-state index < -0.39 is 11.7 Å². The molecule has 2 aliphatic heterocycles. The number of carbonyl (C=O) groups excluding carboxylic acids is 2. The van der Waals surface area contributed by atoms with Gasteiger partial charge < -0.3 is 29.6 Å². The van der Waals surface area contributed by atoms with Crippen molar-refractivity contribution in [3.8, 4) is 11.1 Å². The SMILES string of the molecule is Cc1c(NC(=O)N2CCN(Cc3ccccc3C(F)(F)F)CC2)cccc1-c1cc(Nc2ccc(C(=O)N3CCOCC3)cn2)c2nccn2c1. The molecule has 3 amide bonds. The van der Waals surface area contributed by atoms with Crippen LogP contribution in [0.15, 0.2) is 85.5 Å². The molecule has 14 heteroatoms. The van der Waals surface area contributed by atoms with Crippen LogP contribution in [0.4, 0.5) is 35.2 Å². The highest BCUT2D eigenvalue weighted by Gasteiger charge is 2.33. The molecule has 0 radical (unpaired) electrons. The van der Waals surface area contributed by atoms with E-state index in [1.807, 2.05) is 52.9 Å². The van der Waals surface area contributed by atoms with Crippen LogP contribution in [0.3, 0.4) is 0 Å². The van der Waals surface area contributed by atoms with Gasteiger partial charge >= 0.3 is 12.2 Å². The van der Waals surface area contributed by atoms with E-state index in [1.54, 1.807) is 40.4 Å². The van der Waals surface area contributed by atoms with Crippen LogP contribution in [-0.4, -0.2) is 93.5 Å². The van der Waals surface area contributed by atoms with Gasteiger partial charge in [0.2, 0.25) is 0 Å². The van der Waals surface area contributed by atoms with E-state index in [0.717, 1.165) is 22.8 Å². The Labute approximate surface area is 292 Å². The summed E-state index contributed by atoms with van der Waals surface area (Å²) in [6, 6.07) is 16.6. The number of benzene rings is 2. The van der Waals surface area contributed by atoms with Crippen LogP contribution in [0.1, 0.15) is 27.0 Å². The minimum Gasteiger partial charge on any atom is -0.378 e. The van der Waals surface area contributed by atoms with Crippen molar-refractivity contribution in [1.29, 1.82) is 0 Å². The lowest BCUT2D eigenvalue weighted by Gasteiger charge is -2.35. The second-order valence-corrected chi connectivity index (χ2v) is 12.6. The van der Waals surface area contributed by atoms with Crippen LogP contribution in [0.2, 0.25) is 0 Å². The summed E-state index contributed by atoms with van der Waals surface area (Å²) in [6.45, 7) is 5.96. The van der Waals surface area contributed by atoms with Crippen molar-refractivity contribution in [2.75, 3.05) is 63.1 Å². The maximum absolute atomic E-state index is 13.5. The van der Waals surface area contributed by atoms with E-state index in [2.05, 4.69) is 20.6 Å². The number of nitrogens with one attached hydrogen (secondary N) is 2. The maximum Gasteiger partial charge on any atom is 0.416 e. The van der Waals surface area contributed by atoms with Crippen LogP contribution >= 0.6 is 0 Å². The van der Waals surface area contributed by atoms with Gasteiger partial charge in [0.1, 0.15) is 5.82 Å². The molecule has 7 rings (SSSR count). The minimum absolute atomic E-state index is 0.0780. The fraction of sp³-hybridized carbons (Fsp3) is 0.297. The standard InChI is InChI=1S/C37H37F3N8O3/c1-25-29(6-4-8-31(25)44-36(50)47-15-13-45(14-16-47)23-27-5-2-3-7-30(27)37(38,39)40)28-21-32(34-41-11-12-48(34)24-28)43-33-10-9-26(22-42-33)35(49)46-17-19-51-20-18-46/h2-12,21-22,24H,13-20,23H2,1H3,(H,42,43)(H,44,50). The molecular formula is C37H37F3N8O3. The van der Waals surface area contributed by atoms with Crippen LogP contribution in [-0.2, 0) is 17.5 Å². The molecule has 0 aliphatic carbocycles. The molecule has 5 aromatic rings. The van der Waals surface area contributed by atoms with E-state index >= 15 is 0 Å². The van der Waals surface area contributed by atoms with Crippen molar-refractivity contribution < 1.29 is 27.5 Å². The summed E-state index contributed by atoms with van der Waals surface area (Å²) in [6.07, 6.45) is 2.68. The molecule has 0 spiro atoms. The van der Waals surface area contributed by atoms with Gasteiger partial charge in [-0.05, 0) is 53.9 Å². The number of hydrogen-bond donors (Lipinski definition) is 2. The zero-order valence-corrected chi connectivity index (χ0v) is 28.0. The number of morpholine rings is 1. The molecule has 264 valence electrons. The minimum atomic E-state index is -4.41. The lowest BCUT2D eigenvalue weighted by Crippen LogP contribution is -2.49. The molecule has 0 atom stereocenters. The van der Waals surface area contributed by atoms with Crippen LogP contribution in [0.25, 0.3) is 16.8 Å². The fourth-order valence-electron chi connectivity index (χ4n) is 6.52. The molecule has 51 heavy (non-hydrogen) atoms. The van der Waals surface area contributed by atoms with E-state index in [-0.39, 0.29) is 24.0 Å². The van der Waals surface area contributed by atoms with Gasteiger partial charge in [-0.15, -0.1) is 0 Å². The average Bonchev–Trinajstić information content (AvgIpc) is 3.62. The summed E-state index contributed by atoms with van der Waals surface area (Å²) in [7, 11) is 0. The summed E-state index contributed by atoms with van der Waals surface area (Å²) in [5.74, 6) is 0.476. The number of carbonyl (C=O) groups is 2. The third-order valence-electron chi connectivity index (χ3n) is 9.32. The van der Waals surface area contributed by atoms with Crippen LogP contribution < -0.4 is 10.6 Å². The third kappa shape index (κ3) is 7.51. The number of rotatable bonds is 7. The smallest absolute Gasteiger partial charge is 0.378 e. The summed E-state index contributed by atoms with van der Waals surface area (Å²) in [5.41, 5.74) is 4.81. The number of alkyl halides is 3. The van der Waals surface area contributed by atoms with Gasteiger partial charge in [0.15, 0.2) is 5.65 Å². The van der Waals surface area contributed by atoms with Crippen molar-refractivity contribution in [2.24, 2.45) is 0 Å². The number of urea groups is 1. The second kappa shape index (κ2) is 14.4. The third-order valence-corrected chi connectivity index (χ3v) is 9.32. The highest BCUT2D eigenvalue weighted by molar-refractivity contribution is 5.94. The Bertz CT molecular complexity index is 2040. The predicted octanol–water partition coefficient (Wildman–Crippen LogP) is 6.29. The number of anilines is 3. The zero-order valence-electron chi connectivity index (χ0n) is 28.0. The molecule has 11 nitrogen and oxygen atoms in total. The summed E-state index contributed by atoms with van der Waals surface area (Å²) < 4.78 is 47.7. The lowest BCUT2D eigenvalue weighted by molar-refractivity contribution is -0.138. The molecule has 3 aromatic heterocycles. The lowest BCUT2D eigenvalue weighted by atomic mass is 10.00. The molecule has 5 heterocycles. The van der Waals surface area contributed by atoms with Gasteiger partial charge in [0.05, 0.1) is 30.0 Å². The fourth-order valence-corrected chi connectivity index (χ4v) is 6.52. The van der Waals surface area contributed by atoms with Gasteiger partial charge in [-0.25, -0.2) is 14.8 Å². The number of halogens is 3. The maximum atomic E-state index is 13.5. The first-order chi connectivity index (χ1) is 24.6. The Kier molecular flexibility index (Phi) is 9.60. The summed E-state index contributed by atoms with van der Waals surface area (Å²) in [4.78, 5) is 40.6. The number of amides is 3. The van der Waals surface area contributed by atoms with Gasteiger partial charge in [-0.1, -0.05) is 30.3 Å². The van der Waals surface area contributed by atoms with Gasteiger partial charge in [-0.3, -0.25) is 9.69 Å². The summed E-state index contributed by atoms with van der Waals surface area (Å²) >= 11 is 0. The normalized spacial score (nSPS) is 15.6. The average molecular weight is 699 g/mol. The van der Waals surface area contributed by atoms with Crippen LogP contribution in [0, 0.1) is 6.92 Å². The Morgan fingerprint density at radius 1 is 0.882 bits per heavy atom. The molecule has 2 fully saturated rings. The quantitative estimate of drug-likeness (QED) is 0.206. The second-order valence-electron chi connectivity index (χ2n) is 12.6. The van der Waals surface area contributed by atoms with Crippen molar-refractivity contribution in [3.63, 3.8) is 0 Å². The molecule has 2 saturated heterocycles. The van der Waals surface area contributed by atoms with Crippen molar-refractivity contribution in [2.45, 2.75) is 19.6 Å². The molecule has 0 saturated carbocycles. The number of nitrogens with zero attached hydrogens (tertiary/aromatic N) is 6. The topological polar surface area (TPSA) is 107 Å². The highest BCUT2D eigenvalue weighted by Crippen LogP contribution is 2.34. The Balaban J connectivity index is 1.03. The van der Waals surface area contributed by atoms with Gasteiger partial charge in [0, 0.05) is 81.9 Å². The molecule has 2 N–H and O–H groups in total. The first-order valence-electron chi connectivity index (χ1n) is 16.7. The van der Waals surface area contributed by atoms with Crippen molar-refractivity contribution in [1.82, 2.24) is 29.1 Å². The van der Waals surface area contributed by atoms with E-state index in [1.165, 1.54) is 12.1 Å². The van der Waals surface area contributed by atoms with E-state index in [0.29, 0.717) is 80.9 Å². The number of piperazine rings is 1. The number of ether oxygens (including phenoxy) is 1. The van der Waals surface area contributed by atoms with Gasteiger partial charge in [0.25, 0.3) is 5.91 Å². The monoisotopic (exact) mass is 698 g/mol. The first-order valence-corrected chi connectivity index (χ1v) is 16.7. The zero-order chi connectivity index (χ0) is 35.5. The molecule has 2 aliphatic rings. The number of aromatic nitrogens is 3. The Morgan fingerprint density at radius 3 is 2.41 bits per heavy atom. The summed E-state index contributed by atoms with van der Waals surface area (Å²) in [5, 5.41) is 6.40. The Morgan fingerprint density at radius 2 is 1.67 bits per heavy atom. The number of hydrogen-bond acceptors (Lipinski definition) is 7. The first kappa shape index (κ1) is 34.0. The largest absolute Gasteiger partial charge is 0.416 e. The Hall–Kier alpha value is -5.47. The molecular weight excluding hydrogens is 661 g/mol. The number of imidazole rings is 1. The molecule has 0 bridgehead atoms.